The number of nitrogens with zero attached hydrogens (tertiary/aromatic N) is 1. The van der Waals surface area contributed by atoms with Gasteiger partial charge in [0, 0.05) is 13.2 Å². The van der Waals surface area contributed by atoms with Gasteiger partial charge in [0.2, 0.25) is 0 Å². The zero-order chi connectivity index (χ0) is 10.8. The van der Waals surface area contributed by atoms with E-state index in [1.54, 1.807) is 6.07 Å². The largest absolute Gasteiger partial charge is 0.465 e. The van der Waals surface area contributed by atoms with Crippen LogP contribution in [0.5, 0.6) is 0 Å². The lowest BCUT2D eigenvalue weighted by Crippen LogP contribution is -1.96. The molecule has 0 N–H and O–H groups in total. The standard InChI is InChI=1S/C11H11NO2S/c1-12-7-3-4-8(12)9-5-6-10(15-9)11(13)14-2/h3-7H,1-2H3. The third-order valence-corrected chi connectivity index (χ3v) is 3.28. The molecule has 15 heavy (non-hydrogen) atoms. The Morgan fingerprint density at radius 1 is 1.40 bits per heavy atom. The summed E-state index contributed by atoms with van der Waals surface area (Å²) in [6, 6.07) is 7.73. The van der Waals surface area contributed by atoms with Crippen molar-refractivity contribution in [2.75, 3.05) is 7.11 Å². The van der Waals surface area contributed by atoms with Gasteiger partial charge in [-0.15, -0.1) is 11.3 Å². The topological polar surface area (TPSA) is 31.2 Å². The summed E-state index contributed by atoms with van der Waals surface area (Å²) in [5, 5.41) is 0. The maximum atomic E-state index is 11.3. The lowest BCUT2D eigenvalue weighted by molar-refractivity contribution is 0.0606. The molecule has 0 atom stereocenters. The highest BCUT2D eigenvalue weighted by Gasteiger charge is 2.11. The molecule has 0 saturated carbocycles. The van der Waals surface area contributed by atoms with Crippen LogP contribution in [0.1, 0.15) is 9.67 Å². The Morgan fingerprint density at radius 3 is 2.80 bits per heavy atom. The number of carbonyl (C=O) groups is 1. The van der Waals surface area contributed by atoms with E-state index >= 15 is 0 Å². The van der Waals surface area contributed by atoms with Crippen LogP contribution < -0.4 is 0 Å². The third kappa shape index (κ3) is 1.80. The number of esters is 1. The van der Waals surface area contributed by atoms with Crippen LogP contribution in [-0.4, -0.2) is 17.6 Å². The molecule has 0 unspecified atom stereocenters. The summed E-state index contributed by atoms with van der Waals surface area (Å²) >= 11 is 1.44. The first kappa shape index (κ1) is 9.98. The minimum atomic E-state index is -0.277. The second-order valence-electron chi connectivity index (χ2n) is 3.16. The Hall–Kier alpha value is -1.55. The molecule has 0 aliphatic rings. The fourth-order valence-corrected chi connectivity index (χ4v) is 2.40. The highest BCUT2D eigenvalue weighted by Crippen LogP contribution is 2.28. The van der Waals surface area contributed by atoms with Gasteiger partial charge >= 0.3 is 5.97 Å². The summed E-state index contributed by atoms with van der Waals surface area (Å²) in [4.78, 5) is 13.0. The van der Waals surface area contributed by atoms with Crippen molar-refractivity contribution in [3.8, 4) is 10.6 Å². The Kier molecular flexibility index (Phi) is 2.60. The molecule has 2 rings (SSSR count). The van der Waals surface area contributed by atoms with Crippen molar-refractivity contribution in [2.24, 2.45) is 7.05 Å². The molecular formula is C11H11NO2S. The number of ether oxygens (including phenoxy) is 1. The maximum absolute atomic E-state index is 11.3. The smallest absolute Gasteiger partial charge is 0.348 e. The van der Waals surface area contributed by atoms with Gasteiger partial charge in [0.15, 0.2) is 0 Å². The number of rotatable bonds is 2. The molecule has 4 heteroatoms. The van der Waals surface area contributed by atoms with Crippen LogP contribution in [0.3, 0.4) is 0 Å². The first-order valence-electron chi connectivity index (χ1n) is 4.52. The van der Waals surface area contributed by atoms with Gasteiger partial charge in [-0.3, -0.25) is 0 Å². The zero-order valence-electron chi connectivity index (χ0n) is 8.56. The highest BCUT2D eigenvalue weighted by atomic mass is 32.1. The molecule has 78 valence electrons. The first-order chi connectivity index (χ1) is 7.22. The average molecular weight is 221 g/mol. The Bertz CT molecular complexity index is 484. The number of carbonyl (C=O) groups excluding carboxylic acids is 1. The summed E-state index contributed by atoms with van der Waals surface area (Å²) in [7, 11) is 3.37. The lowest BCUT2D eigenvalue weighted by atomic mass is 10.3. The second kappa shape index (κ2) is 3.90. The fourth-order valence-electron chi connectivity index (χ4n) is 1.40. The average Bonchev–Trinajstić information content (AvgIpc) is 2.84. The summed E-state index contributed by atoms with van der Waals surface area (Å²) in [6.07, 6.45) is 1.98. The fraction of sp³-hybridized carbons (Fsp3) is 0.182. The number of thiophene rings is 1. The van der Waals surface area contributed by atoms with Crippen molar-refractivity contribution >= 4 is 17.3 Å². The van der Waals surface area contributed by atoms with Gasteiger partial charge in [0.1, 0.15) is 4.88 Å². The molecule has 2 aromatic rings. The van der Waals surface area contributed by atoms with E-state index in [2.05, 4.69) is 4.74 Å². The molecule has 0 aliphatic heterocycles. The molecule has 0 saturated heterocycles. The molecule has 2 heterocycles. The van der Waals surface area contributed by atoms with E-state index in [1.807, 2.05) is 36.0 Å². The van der Waals surface area contributed by atoms with E-state index in [-0.39, 0.29) is 5.97 Å². The van der Waals surface area contributed by atoms with Gasteiger partial charge in [-0.2, -0.15) is 0 Å². The van der Waals surface area contributed by atoms with Crippen molar-refractivity contribution in [1.82, 2.24) is 4.57 Å². The lowest BCUT2D eigenvalue weighted by Gasteiger charge is -1.98. The molecule has 0 spiro atoms. The predicted octanol–water partition coefficient (Wildman–Crippen LogP) is 2.54. The summed E-state index contributed by atoms with van der Waals surface area (Å²) in [5.74, 6) is -0.277. The van der Waals surface area contributed by atoms with Crippen LogP contribution in [0.2, 0.25) is 0 Å². The van der Waals surface area contributed by atoms with Gasteiger partial charge in [-0.05, 0) is 24.3 Å². The van der Waals surface area contributed by atoms with E-state index in [0.717, 1.165) is 10.6 Å². The predicted molar refractivity (Wildman–Crippen MR) is 60.1 cm³/mol. The number of aromatic nitrogens is 1. The van der Waals surface area contributed by atoms with Gasteiger partial charge in [0.25, 0.3) is 0 Å². The van der Waals surface area contributed by atoms with Crippen LogP contribution in [0.25, 0.3) is 10.6 Å². The normalized spacial score (nSPS) is 10.3. The molecule has 2 aromatic heterocycles. The quantitative estimate of drug-likeness (QED) is 0.730. The second-order valence-corrected chi connectivity index (χ2v) is 4.24. The Labute approximate surface area is 91.9 Å². The molecule has 0 radical (unpaired) electrons. The van der Waals surface area contributed by atoms with Crippen molar-refractivity contribution in [1.29, 1.82) is 0 Å². The monoisotopic (exact) mass is 221 g/mol. The van der Waals surface area contributed by atoms with Crippen LogP contribution in [0, 0.1) is 0 Å². The molecule has 0 amide bonds. The molecule has 0 aromatic carbocycles. The van der Waals surface area contributed by atoms with Crippen molar-refractivity contribution in [3.63, 3.8) is 0 Å². The van der Waals surface area contributed by atoms with Crippen LogP contribution in [-0.2, 0) is 11.8 Å². The Balaban J connectivity index is 2.36. The van der Waals surface area contributed by atoms with Crippen molar-refractivity contribution < 1.29 is 9.53 Å². The molecule has 3 nitrogen and oxygen atoms in total. The zero-order valence-corrected chi connectivity index (χ0v) is 9.38. The number of aryl methyl sites for hydroxylation is 1. The van der Waals surface area contributed by atoms with Gasteiger partial charge in [-0.25, -0.2) is 4.79 Å². The minimum Gasteiger partial charge on any atom is -0.465 e. The van der Waals surface area contributed by atoms with E-state index < -0.39 is 0 Å². The van der Waals surface area contributed by atoms with Crippen molar-refractivity contribution in [3.05, 3.63) is 35.3 Å². The third-order valence-electron chi connectivity index (χ3n) is 2.19. The maximum Gasteiger partial charge on any atom is 0.348 e. The molecule has 0 fully saturated rings. The van der Waals surface area contributed by atoms with Crippen molar-refractivity contribution in [2.45, 2.75) is 0 Å². The van der Waals surface area contributed by atoms with Gasteiger partial charge < -0.3 is 9.30 Å². The molecule has 0 aliphatic carbocycles. The van der Waals surface area contributed by atoms with E-state index in [0.29, 0.717) is 4.88 Å². The van der Waals surface area contributed by atoms with Crippen LogP contribution >= 0.6 is 11.3 Å². The number of hydrogen-bond acceptors (Lipinski definition) is 3. The number of methoxy groups -OCH3 is 1. The van der Waals surface area contributed by atoms with Crippen LogP contribution in [0.15, 0.2) is 30.5 Å². The first-order valence-corrected chi connectivity index (χ1v) is 5.34. The molecular weight excluding hydrogens is 210 g/mol. The van der Waals surface area contributed by atoms with E-state index in [9.17, 15) is 4.79 Å². The molecule has 0 bridgehead atoms. The SMILES string of the molecule is COC(=O)c1ccc(-c2cccn2C)s1. The highest BCUT2D eigenvalue weighted by molar-refractivity contribution is 7.17. The Morgan fingerprint density at radius 2 is 2.20 bits per heavy atom. The van der Waals surface area contributed by atoms with Gasteiger partial charge in [0.05, 0.1) is 17.7 Å². The van der Waals surface area contributed by atoms with Crippen LogP contribution in [0.4, 0.5) is 0 Å². The van der Waals surface area contributed by atoms with E-state index in [4.69, 9.17) is 0 Å². The minimum absolute atomic E-state index is 0.277. The van der Waals surface area contributed by atoms with Gasteiger partial charge in [-0.1, -0.05) is 0 Å². The summed E-state index contributed by atoms with van der Waals surface area (Å²) in [5.41, 5.74) is 1.11. The summed E-state index contributed by atoms with van der Waals surface area (Å²) < 4.78 is 6.68. The number of hydrogen-bond donors (Lipinski definition) is 0. The van der Waals surface area contributed by atoms with E-state index in [1.165, 1.54) is 18.4 Å². The summed E-state index contributed by atoms with van der Waals surface area (Å²) in [6.45, 7) is 0.